The molecule has 0 amide bonds. The Balaban J connectivity index is 1.03. The second-order valence-electron chi connectivity index (χ2n) is 16.4. The molecule has 2 nitrogen and oxygen atoms in total. The molecular formula is C59H44N2. The Hall–Kier alpha value is -7.68. The van der Waals surface area contributed by atoms with Gasteiger partial charge in [0.15, 0.2) is 0 Å². The van der Waals surface area contributed by atoms with Crippen LogP contribution < -0.4 is 4.90 Å². The number of aromatic nitrogens is 1. The molecule has 1 unspecified atom stereocenters. The van der Waals surface area contributed by atoms with E-state index < -0.39 is 0 Å². The molecular weight excluding hydrogens is 737 g/mol. The zero-order chi connectivity index (χ0) is 41.1. The van der Waals surface area contributed by atoms with E-state index in [2.05, 4.69) is 242 Å². The van der Waals surface area contributed by atoms with Gasteiger partial charge in [-0.05, 0) is 142 Å². The molecule has 1 aromatic heterocycles. The number of benzene rings is 9. The predicted octanol–water partition coefficient (Wildman–Crippen LogP) is 15.9. The Morgan fingerprint density at radius 3 is 1.75 bits per heavy atom. The molecule has 0 fully saturated rings. The first-order valence-corrected chi connectivity index (χ1v) is 21.1. The van der Waals surface area contributed by atoms with Gasteiger partial charge >= 0.3 is 0 Å². The normalized spacial score (nSPS) is 14.2. The summed E-state index contributed by atoms with van der Waals surface area (Å²) in [5.41, 5.74) is 20.2. The minimum Gasteiger partial charge on any atom is -0.310 e. The third-order valence-electron chi connectivity index (χ3n) is 12.9. The topological polar surface area (TPSA) is 8.17 Å². The third kappa shape index (κ3) is 6.02. The highest BCUT2D eigenvalue weighted by Gasteiger charge is 2.41. The van der Waals surface area contributed by atoms with Gasteiger partial charge in [-0.1, -0.05) is 158 Å². The lowest BCUT2D eigenvalue weighted by molar-refractivity contribution is 0.714. The second kappa shape index (κ2) is 14.5. The van der Waals surface area contributed by atoms with Crippen LogP contribution in [-0.2, 0) is 5.41 Å². The maximum absolute atomic E-state index is 4.01. The highest BCUT2D eigenvalue weighted by molar-refractivity contribution is 6.10. The molecule has 290 valence electrons. The summed E-state index contributed by atoms with van der Waals surface area (Å²) in [5.74, 6) is 0. The van der Waals surface area contributed by atoms with Crippen LogP contribution in [-0.4, -0.2) is 4.57 Å². The summed E-state index contributed by atoms with van der Waals surface area (Å²) in [4.78, 5) is 2.40. The number of anilines is 3. The van der Waals surface area contributed by atoms with E-state index in [0.29, 0.717) is 0 Å². The highest BCUT2D eigenvalue weighted by Crippen LogP contribution is 2.54. The molecule has 1 aliphatic carbocycles. The van der Waals surface area contributed by atoms with Crippen LogP contribution in [0.25, 0.3) is 66.9 Å². The largest absolute Gasteiger partial charge is 0.310 e. The van der Waals surface area contributed by atoms with Gasteiger partial charge in [0.1, 0.15) is 0 Å². The number of hydrogen-bond donors (Lipinski definition) is 0. The molecule has 0 saturated heterocycles. The van der Waals surface area contributed by atoms with Crippen molar-refractivity contribution in [3.63, 3.8) is 0 Å². The Morgan fingerprint density at radius 1 is 0.459 bits per heavy atom. The van der Waals surface area contributed by atoms with Crippen LogP contribution in [0.15, 0.2) is 219 Å². The van der Waals surface area contributed by atoms with Crippen LogP contribution in [0.1, 0.15) is 34.7 Å². The van der Waals surface area contributed by atoms with Crippen LogP contribution >= 0.6 is 0 Å². The summed E-state index contributed by atoms with van der Waals surface area (Å²) in [5, 5.41) is 2.51. The first kappa shape index (κ1) is 36.4. The molecule has 10 aromatic rings. The lowest BCUT2D eigenvalue weighted by Crippen LogP contribution is -2.23. The van der Waals surface area contributed by atoms with Gasteiger partial charge in [-0.2, -0.15) is 0 Å². The van der Waals surface area contributed by atoms with Gasteiger partial charge in [0.2, 0.25) is 0 Å². The second-order valence-corrected chi connectivity index (χ2v) is 16.4. The van der Waals surface area contributed by atoms with Crippen LogP contribution in [0.4, 0.5) is 17.1 Å². The maximum atomic E-state index is 4.01. The van der Waals surface area contributed by atoms with E-state index in [1.165, 1.54) is 83.1 Å². The smallest absolute Gasteiger partial charge is 0.0543 e. The quantitative estimate of drug-likeness (QED) is 0.149. The summed E-state index contributed by atoms with van der Waals surface area (Å²) in [7, 11) is 0. The maximum Gasteiger partial charge on any atom is 0.0543 e. The van der Waals surface area contributed by atoms with Crippen molar-refractivity contribution >= 4 is 44.9 Å². The van der Waals surface area contributed by atoms with E-state index in [1.807, 2.05) is 6.08 Å². The van der Waals surface area contributed by atoms with Gasteiger partial charge in [0, 0.05) is 38.9 Å². The molecule has 0 radical (unpaired) electrons. The SMILES string of the molecule is C=Cc1ccc(C2(C)c3ccccc3-c3ccc(N(c4ccc(-c5ccccc5)cc4)c4ccc(-c5ccc6c(c5)c5ccc(C)cc5n6-c5ccccc5)cc4)cc32)cc1. The first-order chi connectivity index (χ1) is 30.0. The summed E-state index contributed by atoms with van der Waals surface area (Å²) < 4.78 is 2.39. The summed E-state index contributed by atoms with van der Waals surface area (Å²) >= 11 is 0. The zero-order valence-electron chi connectivity index (χ0n) is 34.4. The molecule has 0 saturated carbocycles. The average Bonchev–Trinajstić information content (AvgIpc) is 3.78. The van der Waals surface area contributed by atoms with E-state index >= 15 is 0 Å². The van der Waals surface area contributed by atoms with Crippen molar-refractivity contribution in [1.82, 2.24) is 4.57 Å². The van der Waals surface area contributed by atoms with Gasteiger partial charge in [0.25, 0.3) is 0 Å². The van der Waals surface area contributed by atoms with Crippen LogP contribution in [0.2, 0.25) is 0 Å². The summed E-state index contributed by atoms with van der Waals surface area (Å²) in [6.07, 6.45) is 1.91. The van der Waals surface area contributed by atoms with Crippen molar-refractivity contribution in [1.29, 1.82) is 0 Å². The average molecular weight is 781 g/mol. The Kier molecular flexibility index (Phi) is 8.68. The minimum absolute atomic E-state index is 0.338. The number of rotatable bonds is 8. The van der Waals surface area contributed by atoms with Crippen LogP contribution in [0, 0.1) is 6.92 Å². The fourth-order valence-electron chi connectivity index (χ4n) is 9.73. The lowest BCUT2D eigenvalue weighted by atomic mass is 9.74. The fraction of sp³-hybridized carbons (Fsp3) is 0.0508. The molecule has 0 N–H and O–H groups in total. The number of para-hydroxylation sites is 1. The number of nitrogens with zero attached hydrogens (tertiary/aromatic N) is 2. The van der Waals surface area contributed by atoms with Crippen molar-refractivity contribution in [2.24, 2.45) is 0 Å². The van der Waals surface area contributed by atoms with Crippen molar-refractivity contribution < 1.29 is 0 Å². The molecule has 1 heterocycles. The van der Waals surface area contributed by atoms with Gasteiger partial charge in [-0.25, -0.2) is 0 Å². The monoisotopic (exact) mass is 780 g/mol. The van der Waals surface area contributed by atoms with E-state index in [9.17, 15) is 0 Å². The van der Waals surface area contributed by atoms with Crippen molar-refractivity contribution in [3.8, 4) is 39.1 Å². The Morgan fingerprint density at radius 2 is 1.05 bits per heavy atom. The van der Waals surface area contributed by atoms with Crippen molar-refractivity contribution in [2.45, 2.75) is 19.3 Å². The predicted molar refractivity (Wildman–Crippen MR) is 259 cm³/mol. The lowest BCUT2D eigenvalue weighted by Gasteiger charge is -2.31. The molecule has 0 bridgehead atoms. The Bertz CT molecular complexity index is 3250. The van der Waals surface area contributed by atoms with Crippen molar-refractivity contribution in [3.05, 3.63) is 247 Å². The van der Waals surface area contributed by atoms with Gasteiger partial charge in [-0.15, -0.1) is 0 Å². The number of fused-ring (bicyclic) bond motifs is 6. The van der Waals surface area contributed by atoms with E-state index in [-0.39, 0.29) is 5.41 Å². The van der Waals surface area contributed by atoms with Gasteiger partial charge in [0.05, 0.1) is 11.0 Å². The molecule has 11 rings (SSSR count). The molecule has 9 aromatic carbocycles. The van der Waals surface area contributed by atoms with E-state index in [1.54, 1.807) is 0 Å². The van der Waals surface area contributed by atoms with Gasteiger partial charge in [-0.3, -0.25) is 0 Å². The van der Waals surface area contributed by atoms with E-state index in [0.717, 1.165) is 22.6 Å². The van der Waals surface area contributed by atoms with Crippen molar-refractivity contribution in [2.75, 3.05) is 4.90 Å². The van der Waals surface area contributed by atoms with Gasteiger partial charge < -0.3 is 9.47 Å². The molecule has 0 aliphatic heterocycles. The van der Waals surface area contributed by atoms with Crippen LogP contribution in [0.5, 0.6) is 0 Å². The summed E-state index contributed by atoms with van der Waals surface area (Å²) in [6, 6.07) is 77.9. The zero-order valence-corrected chi connectivity index (χ0v) is 34.4. The fourth-order valence-corrected chi connectivity index (χ4v) is 9.73. The van der Waals surface area contributed by atoms with Crippen LogP contribution in [0.3, 0.4) is 0 Å². The number of hydrogen-bond acceptors (Lipinski definition) is 1. The molecule has 1 aliphatic rings. The standard InChI is InChI=1S/C59H44N2/c1-4-41-20-27-46(28-21-41)59(3)55-18-12-11-17-51(55)52-35-33-50(39-56(52)59)60(48-29-22-43(23-30-48)42-13-7-5-8-14-42)49-31-24-44(25-32-49)45-26-36-57-54(38-45)53-34-19-40(2)37-58(53)61(57)47-15-9-6-10-16-47/h4-39H,1H2,2-3H3. The summed E-state index contributed by atoms with van der Waals surface area (Å²) in [6.45, 7) is 8.56. The first-order valence-electron chi connectivity index (χ1n) is 21.1. The minimum atomic E-state index is -0.338. The molecule has 0 spiro atoms. The molecule has 61 heavy (non-hydrogen) atoms. The number of aryl methyl sites for hydroxylation is 1. The molecule has 1 atom stereocenters. The Labute approximate surface area is 358 Å². The third-order valence-corrected chi connectivity index (χ3v) is 12.9. The molecule has 2 heteroatoms. The van der Waals surface area contributed by atoms with E-state index in [4.69, 9.17) is 0 Å². The highest BCUT2D eigenvalue weighted by atomic mass is 15.1.